The van der Waals surface area contributed by atoms with Crippen molar-refractivity contribution in [2.45, 2.75) is 31.5 Å². The van der Waals surface area contributed by atoms with Crippen LogP contribution in [0.5, 0.6) is 0 Å². The number of aromatic nitrogens is 4. The molecule has 2 atom stereocenters. The third-order valence-electron chi connectivity index (χ3n) is 6.75. The summed E-state index contributed by atoms with van der Waals surface area (Å²) >= 11 is 0. The molecule has 5 rings (SSSR count). The first kappa shape index (κ1) is 26.6. The molecule has 0 aliphatic carbocycles. The van der Waals surface area contributed by atoms with Crippen molar-refractivity contribution in [1.29, 1.82) is 0 Å². The quantitative estimate of drug-likeness (QED) is 0.326. The number of para-hydroxylation sites is 1. The van der Waals surface area contributed by atoms with Crippen molar-refractivity contribution < 1.29 is 32.7 Å². The summed E-state index contributed by atoms with van der Waals surface area (Å²) in [4.78, 5) is 17.3. The van der Waals surface area contributed by atoms with Crippen LogP contribution in [0, 0.1) is 5.92 Å². The summed E-state index contributed by atoms with van der Waals surface area (Å²) < 4.78 is 48.0. The number of carboxylic acids is 1. The fraction of sp³-hybridized carbons (Fsp3) is 0.333. The maximum Gasteiger partial charge on any atom is 0.434 e. The highest BCUT2D eigenvalue weighted by atomic mass is 19.4. The van der Waals surface area contributed by atoms with Crippen molar-refractivity contribution in [3.05, 3.63) is 72.1 Å². The Morgan fingerprint density at radius 3 is 2.56 bits per heavy atom. The van der Waals surface area contributed by atoms with Gasteiger partial charge in [0.2, 0.25) is 5.82 Å². The van der Waals surface area contributed by atoms with Gasteiger partial charge in [-0.25, -0.2) is 4.68 Å². The normalized spacial score (nSPS) is 17.3. The Morgan fingerprint density at radius 2 is 1.87 bits per heavy atom. The SMILES string of the molecule is O=C(O)CC1CCCN(CC(O)c2ccc(-c3noc(-c4cnn(-c5ccccc5)c4C(F)(F)F)n3)cc2)C1. The van der Waals surface area contributed by atoms with E-state index in [0.717, 1.165) is 30.3 Å². The highest BCUT2D eigenvalue weighted by molar-refractivity contribution is 5.67. The van der Waals surface area contributed by atoms with Crippen LogP contribution in [0.1, 0.15) is 36.6 Å². The van der Waals surface area contributed by atoms with Gasteiger partial charge < -0.3 is 19.6 Å². The van der Waals surface area contributed by atoms with Gasteiger partial charge in [0.15, 0.2) is 5.69 Å². The molecule has 2 aromatic heterocycles. The van der Waals surface area contributed by atoms with Crippen molar-refractivity contribution >= 4 is 5.97 Å². The van der Waals surface area contributed by atoms with Gasteiger partial charge in [0.1, 0.15) is 0 Å². The summed E-state index contributed by atoms with van der Waals surface area (Å²) in [6.45, 7) is 1.78. The number of aliphatic carboxylic acids is 1. The van der Waals surface area contributed by atoms with Crippen molar-refractivity contribution in [3.8, 4) is 28.5 Å². The Morgan fingerprint density at radius 1 is 1.13 bits per heavy atom. The summed E-state index contributed by atoms with van der Waals surface area (Å²) in [6, 6.07) is 14.7. The fourth-order valence-electron chi connectivity index (χ4n) is 4.93. The highest BCUT2D eigenvalue weighted by Crippen LogP contribution is 2.38. The van der Waals surface area contributed by atoms with Gasteiger partial charge in [-0.1, -0.05) is 47.6 Å². The van der Waals surface area contributed by atoms with Crippen LogP contribution < -0.4 is 0 Å². The third kappa shape index (κ3) is 6.02. The van der Waals surface area contributed by atoms with Gasteiger partial charge in [-0.3, -0.25) is 4.79 Å². The number of hydrogen-bond acceptors (Lipinski definition) is 7. The Hall–Kier alpha value is -4.03. The molecule has 2 aromatic carbocycles. The molecule has 0 radical (unpaired) electrons. The molecule has 0 spiro atoms. The van der Waals surface area contributed by atoms with E-state index >= 15 is 0 Å². The third-order valence-corrected chi connectivity index (χ3v) is 6.75. The molecule has 0 bridgehead atoms. The molecule has 2 unspecified atom stereocenters. The highest BCUT2D eigenvalue weighted by Gasteiger charge is 2.40. The van der Waals surface area contributed by atoms with Crippen molar-refractivity contribution in [2.24, 2.45) is 5.92 Å². The molecule has 39 heavy (non-hydrogen) atoms. The van der Waals surface area contributed by atoms with E-state index in [1.54, 1.807) is 42.5 Å². The van der Waals surface area contributed by atoms with Crippen molar-refractivity contribution in [2.75, 3.05) is 19.6 Å². The Kier molecular flexibility index (Phi) is 7.49. The molecule has 0 saturated carbocycles. The number of likely N-dealkylation sites (tertiary alicyclic amines) is 1. The molecule has 1 fully saturated rings. The van der Waals surface area contributed by atoms with Crippen LogP contribution in [-0.2, 0) is 11.0 Å². The van der Waals surface area contributed by atoms with Gasteiger partial charge in [0.25, 0.3) is 5.89 Å². The first-order chi connectivity index (χ1) is 18.7. The molecule has 12 heteroatoms. The topological polar surface area (TPSA) is 118 Å². The zero-order chi connectivity index (χ0) is 27.6. The summed E-state index contributed by atoms with van der Waals surface area (Å²) in [5.74, 6) is -0.970. The van der Waals surface area contributed by atoms with E-state index in [4.69, 9.17) is 9.63 Å². The van der Waals surface area contributed by atoms with Crippen LogP contribution in [0.15, 0.2) is 65.3 Å². The lowest BCUT2D eigenvalue weighted by Crippen LogP contribution is -2.38. The van der Waals surface area contributed by atoms with E-state index in [0.29, 0.717) is 24.2 Å². The standard InChI is InChI=1S/C27H26F3N5O4/c28-27(29,30)24-21(14-31-35(24)20-6-2-1-3-7-20)26-32-25(33-39-26)19-10-8-18(9-11-19)22(36)16-34-12-4-5-17(15-34)13-23(37)38/h1-3,6-11,14,17,22,36H,4-5,12-13,15-16H2,(H,37,38). The zero-order valence-corrected chi connectivity index (χ0v) is 20.8. The number of rotatable bonds is 8. The number of hydrogen-bond donors (Lipinski definition) is 2. The van der Waals surface area contributed by atoms with Gasteiger partial charge in [0.05, 0.1) is 23.6 Å². The number of aliphatic hydroxyl groups is 1. The minimum absolute atomic E-state index is 0.0657. The smallest absolute Gasteiger partial charge is 0.434 e. The van der Waals surface area contributed by atoms with Crippen LogP contribution in [0.25, 0.3) is 28.5 Å². The van der Waals surface area contributed by atoms with Crippen molar-refractivity contribution in [3.63, 3.8) is 0 Å². The molecule has 2 N–H and O–H groups in total. The Balaban J connectivity index is 1.31. The van der Waals surface area contributed by atoms with Gasteiger partial charge in [0, 0.05) is 25.1 Å². The average molecular weight is 542 g/mol. The van der Waals surface area contributed by atoms with E-state index < -0.39 is 23.9 Å². The van der Waals surface area contributed by atoms with Gasteiger partial charge in [-0.2, -0.15) is 23.3 Å². The van der Waals surface area contributed by atoms with Crippen molar-refractivity contribution in [1.82, 2.24) is 24.8 Å². The van der Waals surface area contributed by atoms with E-state index in [1.807, 2.05) is 0 Å². The second-order valence-corrected chi connectivity index (χ2v) is 9.58. The average Bonchev–Trinajstić information content (AvgIpc) is 3.57. The number of halogens is 3. The predicted octanol–water partition coefficient (Wildman–Crippen LogP) is 4.83. The number of β-amino-alcohol motifs (C(OH)–C–C–N with tert-alkyl or cyclic N) is 1. The molecule has 204 valence electrons. The first-order valence-corrected chi connectivity index (χ1v) is 12.5. The lowest BCUT2D eigenvalue weighted by molar-refractivity contribution is -0.142. The maximum atomic E-state index is 14.0. The summed E-state index contributed by atoms with van der Waals surface area (Å²) in [5.41, 5.74) is 0.0354. The number of alkyl halides is 3. The molecule has 1 aliphatic rings. The van der Waals surface area contributed by atoms with Gasteiger partial charge in [-0.15, -0.1) is 0 Å². The number of aliphatic hydroxyl groups excluding tert-OH is 1. The minimum atomic E-state index is -4.73. The van der Waals surface area contributed by atoms with E-state index in [-0.39, 0.29) is 35.3 Å². The molecule has 1 saturated heterocycles. The number of benzene rings is 2. The van der Waals surface area contributed by atoms with E-state index in [9.17, 15) is 23.1 Å². The second kappa shape index (κ2) is 11.0. The van der Waals surface area contributed by atoms with Crippen LogP contribution in [0.4, 0.5) is 13.2 Å². The number of carbonyl (C=O) groups is 1. The van der Waals surface area contributed by atoms with Crippen LogP contribution in [0.2, 0.25) is 0 Å². The number of carboxylic acid groups (broad SMARTS) is 1. The van der Waals surface area contributed by atoms with Crippen LogP contribution in [0.3, 0.4) is 0 Å². The zero-order valence-electron chi connectivity index (χ0n) is 20.8. The minimum Gasteiger partial charge on any atom is -0.481 e. The van der Waals surface area contributed by atoms with Crippen LogP contribution in [-0.4, -0.2) is 60.6 Å². The molecule has 9 nitrogen and oxygen atoms in total. The number of nitrogens with zero attached hydrogens (tertiary/aromatic N) is 5. The Labute approximate surface area is 221 Å². The molecule has 1 aliphatic heterocycles. The Bertz CT molecular complexity index is 1420. The van der Waals surface area contributed by atoms with Gasteiger partial charge >= 0.3 is 12.1 Å². The molecular formula is C27H26F3N5O4. The number of piperidine rings is 1. The summed E-state index contributed by atoms with van der Waals surface area (Å²) in [5, 5.41) is 27.6. The lowest BCUT2D eigenvalue weighted by atomic mass is 9.94. The first-order valence-electron chi connectivity index (χ1n) is 12.5. The summed E-state index contributed by atoms with van der Waals surface area (Å²) in [7, 11) is 0. The molecule has 4 aromatic rings. The monoisotopic (exact) mass is 541 g/mol. The summed E-state index contributed by atoms with van der Waals surface area (Å²) in [6.07, 6.45) is -2.61. The largest absolute Gasteiger partial charge is 0.481 e. The maximum absolute atomic E-state index is 14.0. The molecule has 3 heterocycles. The van der Waals surface area contributed by atoms with E-state index in [2.05, 4.69) is 20.1 Å². The lowest BCUT2D eigenvalue weighted by Gasteiger charge is -2.33. The molecule has 0 amide bonds. The molecular weight excluding hydrogens is 515 g/mol. The second-order valence-electron chi connectivity index (χ2n) is 9.58. The van der Waals surface area contributed by atoms with E-state index in [1.165, 1.54) is 12.1 Å². The fourth-order valence-corrected chi connectivity index (χ4v) is 4.93. The van der Waals surface area contributed by atoms with Crippen LogP contribution >= 0.6 is 0 Å². The predicted molar refractivity (Wildman–Crippen MR) is 134 cm³/mol. The van der Waals surface area contributed by atoms with Gasteiger partial charge in [-0.05, 0) is 43.0 Å².